The van der Waals surface area contributed by atoms with E-state index >= 15 is 0 Å². The highest BCUT2D eigenvalue weighted by atomic mass is 127. The smallest absolute Gasteiger partial charge is 0.294 e. The largest absolute Gasteiger partial charge is 0.479 e. The van der Waals surface area contributed by atoms with Crippen LogP contribution >= 0.6 is 56.9 Å². The third kappa shape index (κ3) is 5.39. The van der Waals surface area contributed by atoms with E-state index in [2.05, 4.69) is 56.4 Å². The van der Waals surface area contributed by atoms with E-state index in [0.29, 0.717) is 11.4 Å². The third-order valence-corrected chi connectivity index (χ3v) is 7.37. The molecule has 1 saturated heterocycles. The number of carbonyl (C=O) groups excluding carboxylic acids is 3. The maximum Gasteiger partial charge on any atom is 0.294 e. The Balaban J connectivity index is 1.49. The molecule has 6 nitrogen and oxygen atoms in total. The molecular weight excluding hydrogens is 678 g/mol. The van der Waals surface area contributed by atoms with Crippen LogP contribution < -0.4 is 10.1 Å². The average Bonchev–Trinajstić information content (AvgIpc) is 3.06. The molecule has 3 aromatic rings. The van der Waals surface area contributed by atoms with E-state index in [4.69, 9.17) is 11.2 Å². The van der Waals surface area contributed by atoms with Crippen LogP contribution in [-0.2, 0) is 9.59 Å². The standard InChI is InChI=1S/C25H16I2N2O4S/c1-2-10-33-23-18(26)11-15(12-19(23)27)13-21-24(31)29(25(32)34-21)14-22(30)28-20-9-5-7-16-6-3-4-8-17(16)20/h1,3-9,11-13H,10,14H2,(H,28,30)/b21-13-. The number of benzene rings is 3. The summed E-state index contributed by atoms with van der Waals surface area (Å²) in [5, 5.41) is 4.19. The van der Waals surface area contributed by atoms with Crippen molar-refractivity contribution in [2.75, 3.05) is 18.5 Å². The quantitative estimate of drug-likeness (QED) is 0.203. The Morgan fingerprint density at radius 1 is 1.12 bits per heavy atom. The van der Waals surface area contributed by atoms with Gasteiger partial charge in [-0.15, -0.1) is 6.42 Å². The van der Waals surface area contributed by atoms with Gasteiger partial charge in [0.05, 0.1) is 12.0 Å². The SMILES string of the molecule is C#CCOc1c(I)cc(/C=C2\SC(=O)N(CC(=O)Nc3cccc4ccccc34)C2=O)cc1I. The Bertz CT molecular complexity index is 1370. The van der Waals surface area contributed by atoms with E-state index in [9.17, 15) is 14.4 Å². The molecule has 0 spiro atoms. The van der Waals surface area contributed by atoms with E-state index in [1.165, 1.54) is 0 Å². The second kappa shape index (κ2) is 10.8. The number of thioether (sulfide) groups is 1. The van der Waals surface area contributed by atoms with Gasteiger partial charge >= 0.3 is 0 Å². The molecule has 0 unspecified atom stereocenters. The molecule has 9 heteroatoms. The molecule has 0 aliphatic carbocycles. The van der Waals surface area contributed by atoms with Gasteiger partial charge in [-0.05, 0) is 92.2 Å². The summed E-state index contributed by atoms with van der Waals surface area (Å²) < 4.78 is 7.23. The van der Waals surface area contributed by atoms with E-state index in [0.717, 1.165) is 40.1 Å². The van der Waals surface area contributed by atoms with E-state index in [1.54, 1.807) is 12.1 Å². The van der Waals surface area contributed by atoms with Crippen molar-refractivity contribution in [1.29, 1.82) is 0 Å². The number of rotatable bonds is 6. The van der Waals surface area contributed by atoms with Gasteiger partial charge in [-0.2, -0.15) is 0 Å². The van der Waals surface area contributed by atoms with Gasteiger partial charge in [0.2, 0.25) is 5.91 Å². The zero-order chi connectivity index (χ0) is 24.2. The minimum Gasteiger partial charge on any atom is -0.479 e. The van der Waals surface area contributed by atoms with Crippen LogP contribution in [0.3, 0.4) is 0 Å². The predicted octanol–water partition coefficient (Wildman–Crippen LogP) is 5.74. The number of carbonyl (C=O) groups is 3. The first kappa shape index (κ1) is 24.6. The van der Waals surface area contributed by atoms with Crippen LogP contribution in [0.25, 0.3) is 16.8 Å². The summed E-state index contributed by atoms with van der Waals surface area (Å²) in [4.78, 5) is 39.3. The molecule has 1 N–H and O–H groups in total. The van der Waals surface area contributed by atoms with Crippen molar-refractivity contribution in [3.63, 3.8) is 0 Å². The van der Waals surface area contributed by atoms with Crippen molar-refractivity contribution in [3.05, 3.63) is 72.2 Å². The number of hydrogen-bond donors (Lipinski definition) is 1. The Morgan fingerprint density at radius 3 is 2.56 bits per heavy atom. The van der Waals surface area contributed by atoms with E-state index in [-0.39, 0.29) is 18.1 Å². The molecular formula is C25H16I2N2O4S. The summed E-state index contributed by atoms with van der Waals surface area (Å²) in [6.07, 6.45) is 6.91. The minimum absolute atomic E-state index is 0.158. The summed E-state index contributed by atoms with van der Waals surface area (Å²) >= 11 is 5.08. The van der Waals surface area contributed by atoms with E-state index < -0.39 is 17.1 Å². The minimum atomic E-state index is -0.499. The van der Waals surface area contributed by atoms with Gasteiger partial charge in [-0.3, -0.25) is 19.3 Å². The molecule has 0 atom stereocenters. The summed E-state index contributed by atoms with van der Waals surface area (Å²) in [6.45, 7) is -0.204. The van der Waals surface area contributed by atoms with Crippen LogP contribution in [-0.4, -0.2) is 35.1 Å². The molecule has 3 aromatic carbocycles. The highest BCUT2D eigenvalue weighted by molar-refractivity contribution is 14.1. The lowest BCUT2D eigenvalue weighted by Crippen LogP contribution is -2.36. The summed E-state index contributed by atoms with van der Waals surface area (Å²) in [5.74, 6) is 2.17. The molecule has 0 aromatic heterocycles. The number of nitrogens with one attached hydrogen (secondary N) is 1. The monoisotopic (exact) mass is 694 g/mol. The second-order valence-corrected chi connectivity index (χ2v) is 10.5. The first-order valence-corrected chi connectivity index (χ1v) is 12.9. The number of terminal acetylenes is 1. The Morgan fingerprint density at radius 2 is 1.82 bits per heavy atom. The van der Waals surface area contributed by atoms with Crippen LogP contribution in [0, 0.1) is 19.5 Å². The maximum absolute atomic E-state index is 12.9. The topological polar surface area (TPSA) is 75.7 Å². The molecule has 0 bridgehead atoms. The van der Waals surface area contributed by atoms with Crippen LogP contribution in [0.1, 0.15) is 5.56 Å². The normalized spacial score (nSPS) is 14.5. The van der Waals surface area contributed by atoms with Crippen molar-refractivity contribution >= 4 is 96.5 Å². The maximum atomic E-state index is 12.9. The number of imide groups is 1. The average molecular weight is 694 g/mol. The molecule has 34 heavy (non-hydrogen) atoms. The number of fused-ring (bicyclic) bond motifs is 1. The van der Waals surface area contributed by atoms with Crippen LogP contribution in [0.15, 0.2) is 59.5 Å². The van der Waals surface area contributed by atoms with Gasteiger partial charge in [-0.1, -0.05) is 42.3 Å². The second-order valence-electron chi connectivity index (χ2n) is 7.15. The molecule has 1 heterocycles. The number of hydrogen-bond acceptors (Lipinski definition) is 5. The Labute approximate surface area is 227 Å². The lowest BCUT2D eigenvalue weighted by Gasteiger charge is -2.13. The summed E-state index contributed by atoms with van der Waals surface area (Å²) in [7, 11) is 0. The third-order valence-electron chi connectivity index (χ3n) is 4.86. The zero-order valence-corrected chi connectivity index (χ0v) is 22.6. The lowest BCUT2D eigenvalue weighted by atomic mass is 10.1. The van der Waals surface area contributed by atoms with Crippen molar-refractivity contribution in [1.82, 2.24) is 4.90 Å². The molecule has 0 saturated carbocycles. The van der Waals surface area contributed by atoms with Gasteiger partial charge in [0.25, 0.3) is 11.1 Å². The first-order valence-electron chi connectivity index (χ1n) is 9.95. The van der Waals surface area contributed by atoms with Crippen LogP contribution in [0.5, 0.6) is 5.75 Å². The van der Waals surface area contributed by atoms with Crippen molar-refractivity contribution < 1.29 is 19.1 Å². The summed E-state index contributed by atoms with van der Waals surface area (Å²) in [5.41, 5.74) is 1.37. The van der Waals surface area contributed by atoms with Crippen molar-refractivity contribution in [2.24, 2.45) is 0 Å². The first-order chi connectivity index (χ1) is 16.4. The highest BCUT2D eigenvalue weighted by Crippen LogP contribution is 2.35. The number of halogens is 2. The number of amides is 3. The molecule has 4 rings (SSSR count). The van der Waals surface area contributed by atoms with Crippen LogP contribution in [0.4, 0.5) is 10.5 Å². The number of nitrogens with zero attached hydrogens (tertiary/aromatic N) is 1. The number of anilines is 1. The molecule has 3 amide bonds. The summed E-state index contributed by atoms with van der Waals surface area (Å²) in [6, 6.07) is 16.9. The van der Waals surface area contributed by atoms with Crippen molar-refractivity contribution in [3.8, 4) is 18.1 Å². The highest BCUT2D eigenvalue weighted by Gasteiger charge is 2.36. The van der Waals surface area contributed by atoms with Gasteiger partial charge in [-0.25, -0.2) is 0 Å². The van der Waals surface area contributed by atoms with Crippen molar-refractivity contribution in [2.45, 2.75) is 0 Å². The lowest BCUT2D eigenvalue weighted by molar-refractivity contribution is -0.127. The van der Waals surface area contributed by atoms with Gasteiger partial charge in [0, 0.05) is 11.1 Å². The Hall–Kier alpha value is -2.56. The number of ether oxygens (including phenoxy) is 1. The molecule has 0 radical (unpaired) electrons. The zero-order valence-electron chi connectivity index (χ0n) is 17.5. The molecule has 1 aliphatic rings. The molecule has 1 aliphatic heterocycles. The molecule has 170 valence electrons. The van der Waals surface area contributed by atoms with Crippen LogP contribution in [0.2, 0.25) is 0 Å². The van der Waals surface area contributed by atoms with Gasteiger partial charge in [0.15, 0.2) is 0 Å². The van der Waals surface area contributed by atoms with E-state index in [1.807, 2.05) is 48.5 Å². The fourth-order valence-corrected chi connectivity index (χ4v) is 6.34. The molecule has 1 fully saturated rings. The Kier molecular flexibility index (Phi) is 7.80. The van der Waals surface area contributed by atoms with Gasteiger partial charge in [0.1, 0.15) is 18.9 Å². The fourth-order valence-electron chi connectivity index (χ4n) is 3.37. The van der Waals surface area contributed by atoms with Gasteiger partial charge < -0.3 is 10.1 Å². The fraction of sp³-hybridized carbons (Fsp3) is 0.0800. The predicted molar refractivity (Wildman–Crippen MR) is 151 cm³/mol.